The molecule has 1 aliphatic carbocycles. The number of rotatable bonds is 4. The van der Waals surface area contributed by atoms with Gasteiger partial charge < -0.3 is 19.3 Å². The molecule has 0 radical (unpaired) electrons. The Labute approximate surface area is 310 Å². The van der Waals surface area contributed by atoms with E-state index in [2.05, 4.69) is 33.3 Å². The number of nitrogens with one attached hydrogen (secondary N) is 1. The number of aromatic nitrogens is 1. The molecule has 12 heteroatoms. The van der Waals surface area contributed by atoms with E-state index < -0.39 is 21.2 Å². The zero-order valence-corrected chi connectivity index (χ0v) is 32.8. The molecule has 282 valence electrons. The molecule has 4 heterocycles. The molecule has 0 spiro atoms. The number of likely N-dealkylation sites (N-methyl/N-ethyl adjacent to an activating group) is 1. The molecule has 3 aliphatic heterocycles. The summed E-state index contributed by atoms with van der Waals surface area (Å²) in [5, 5.41) is -0.0458. The van der Waals surface area contributed by atoms with Crippen LogP contribution in [0.3, 0.4) is 0 Å². The average molecular weight is 744 g/mol. The van der Waals surface area contributed by atoms with Crippen molar-refractivity contribution in [2.75, 3.05) is 64.4 Å². The van der Waals surface area contributed by atoms with Crippen LogP contribution >= 0.6 is 11.6 Å². The lowest BCUT2D eigenvalue weighted by molar-refractivity contribution is -0.159. The van der Waals surface area contributed by atoms with E-state index in [4.69, 9.17) is 26.1 Å². The first kappa shape index (κ1) is 38.3. The van der Waals surface area contributed by atoms with Crippen molar-refractivity contribution in [2.45, 2.75) is 90.1 Å². The number of aryl methyl sites for hydroxylation is 1. The van der Waals surface area contributed by atoms with Crippen LogP contribution in [0, 0.1) is 23.7 Å². The van der Waals surface area contributed by atoms with E-state index in [0.29, 0.717) is 35.0 Å². The second-order valence-electron chi connectivity index (χ2n) is 15.6. The Morgan fingerprint density at radius 3 is 2.45 bits per heavy atom. The third-order valence-electron chi connectivity index (χ3n) is 12.7. The fourth-order valence-corrected chi connectivity index (χ4v) is 10.4. The smallest absolute Gasteiger partial charge is 0.283 e. The van der Waals surface area contributed by atoms with Gasteiger partial charge in [0.15, 0.2) is 11.6 Å². The highest BCUT2D eigenvalue weighted by Crippen LogP contribution is 2.50. The second kappa shape index (κ2) is 16.3. The lowest BCUT2D eigenvalue weighted by Gasteiger charge is -2.55. The van der Waals surface area contributed by atoms with Crippen molar-refractivity contribution in [2.24, 2.45) is 23.7 Å². The van der Waals surface area contributed by atoms with Crippen LogP contribution in [0.25, 0.3) is 0 Å². The summed E-state index contributed by atoms with van der Waals surface area (Å²) in [4.78, 5) is 25.9. The second-order valence-corrected chi connectivity index (χ2v) is 18.0. The summed E-state index contributed by atoms with van der Waals surface area (Å²) in [6.07, 6.45) is 6.50. The Morgan fingerprint density at radius 1 is 0.980 bits per heavy atom. The maximum atomic E-state index is 13.6. The van der Waals surface area contributed by atoms with Crippen LogP contribution in [-0.4, -0.2) is 99.4 Å². The number of hydrogen-bond acceptors (Lipinski definition) is 9. The number of piperazine rings is 1. The van der Waals surface area contributed by atoms with Gasteiger partial charge in [-0.15, -0.1) is 0 Å². The van der Waals surface area contributed by atoms with Gasteiger partial charge in [-0.1, -0.05) is 38.4 Å². The summed E-state index contributed by atoms with van der Waals surface area (Å²) in [5.74, 6) is 1.18. The first-order chi connectivity index (χ1) is 24.4. The molecule has 2 fully saturated rings. The standard InChI is InChI=1S/C39H58ClN5O5S/c1-6-43-19-21-44(22-20-43)26-39(49-5)28(3)11-10-27(2)29(4)51(47,48)42-38(46)35-16-17-36-37(41-35)45(24-31-13-15-34(31)39)18-8-7-9-30-23-33(40)14-12-32(30)25-50-36/h12,14,16-17,23,27-29,31,34H,6-11,13,15,18-22,24-26H2,1-5H3,(H,42,46)/t27-,28?,29+,31-,34+,39-/m0/s1. The highest BCUT2D eigenvalue weighted by molar-refractivity contribution is 7.90. The van der Waals surface area contributed by atoms with Gasteiger partial charge in [0.25, 0.3) is 5.91 Å². The van der Waals surface area contributed by atoms with Gasteiger partial charge in [-0.25, -0.2) is 18.1 Å². The minimum absolute atomic E-state index is 0.0659. The summed E-state index contributed by atoms with van der Waals surface area (Å²) in [6, 6.07) is 9.29. The van der Waals surface area contributed by atoms with Crippen molar-refractivity contribution in [3.05, 3.63) is 52.2 Å². The van der Waals surface area contributed by atoms with Crippen molar-refractivity contribution < 1.29 is 22.7 Å². The predicted molar refractivity (Wildman–Crippen MR) is 203 cm³/mol. The lowest BCUT2D eigenvalue weighted by Crippen LogP contribution is -2.62. The summed E-state index contributed by atoms with van der Waals surface area (Å²) >= 11 is 6.40. The number of pyridine rings is 1. The van der Waals surface area contributed by atoms with Crippen LogP contribution in [0.15, 0.2) is 30.3 Å². The summed E-state index contributed by atoms with van der Waals surface area (Å²) in [5.41, 5.74) is 1.94. The molecular weight excluding hydrogens is 686 g/mol. The third kappa shape index (κ3) is 8.38. The first-order valence-electron chi connectivity index (χ1n) is 19.2. The fourth-order valence-electron chi connectivity index (χ4n) is 8.88. The van der Waals surface area contributed by atoms with Crippen molar-refractivity contribution in [1.29, 1.82) is 0 Å². The molecule has 2 aromatic rings. The molecule has 1 amide bonds. The molecule has 1 saturated carbocycles. The van der Waals surface area contributed by atoms with Crippen LogP contribution in [0.4, 0.5) is 5.82 Å². The van der Waals surface area contributed by atoms with Crippen molar-refractivity contribution in [1.82, 2.24) is 19.5 Å². The zero-order chi connectivity index (χ0) is 36.3. The van der Waals surface area contributed by atoms with Crippen LogP contribution in [-0.2, 0) is 27.8 Å². The molecule has 4 aliphatic rings. The SMILES string of the molecule is CCN1CCN(C[C@]2(OC)C(C)CC[C@H](C)[C@@H](C)S(=O)(=O)NC(=O)c3ccc4c(n3)N(CCCCc3cc(Cl)ccc3CO4)C[C@@H]3CC[C@H]32)CC1. The van der Waals surface area contributed by atoms with Gasteiger partial charge in [0, 0.05) is 57.9 Å². The van der Waals surface area contributed by atoms with E-state index in [0.717, 1.165) is 103 Å². The summed E-state index contributed by atoms with van der Waals surface area (Å²) < 4.78 is 42.9. The van der Waals surface area contributed by atoms with E-state index in [1.165, 1.54) is 5.56 Å². The number of benzene rings is 1. The first-order valence-corrected chi connectivity index (χ1v) is 21.1. The lowest BCUT2D eigenvalue weighted by atomic mass is 9.59. The van der Waals surface area contributed by atoms with Crippen LogP contribution in [0.1, 0.15) is 87.8 Å². The molecule has 6 atom stereocenters. The van der Waals surface area contributed by atoms with Crippen molar-refractivity contribution in [3.63, 3.8) is 0 Å². The summed E-state index contributed by atoms with van der Waals surface area (Å²) in [6.45, 7) is 16.1. The van der Waals surface area contributed by atoms with E-state index in [9.17, 15) is 13.2 Å². The zero-order valence-electron chi connectivity index (χ0n) is 31.2. The van der Waals surface area contributed by atoms with Gasteiger partial charge in [-0.3, -0.25) is 9.69 Å². The molecule has 51 heavy (non-hydrogen) atoms. The highest BCUT2D eigenvalue weighted by Gasteiger charge is 2.52. The number of anilines is 1. The van der Waals surface area contributed by atoms with Crippen LogP contribution in [0.2, 0.25) is 5.02 Å². The van der Waals surface area contributed by atoms with Gasteiger partial charge in [-0.2, -0.15) is 0 Å². The van der Waals surface area contributed by atoms with Gasteiger partial charge in [0.05, 0.1) is 10.9 Å². The predicted octanol–water partition coefficient (Wildman–Crippen LogP) is 6.02. The highest BCUT2D eigenvalue weighted by atomic mass is 35.5. The average Bonchev–Trinajstić information content (AvgIpc) is 3.14. The van der Waals surface area contributed by atoms with Crippen molar-refractivity contribution in [3.8, 4) is 5.75 Å². The molecule has 1 N–H and O–H groups in total. The number of hydrogen-bond donors (Lipinski definition) is 1. The third-order valence-corrected chi connectivity index (χ3v) is 14.9. The van der Waals surface area contributed by atoms with Gasteiger partial charge in [-0.05, 0) is 117 Å². The molecular formula is C39H58ClN5O5S. The number of sulfonamides is 1. The maximum Gasteiger partial charge on any atom is 0.283 e. The Morgan fingerprint density at radius 2 is 1.75 bits per heavy atom. The van der Waals surface area contributed by atoms with E-state index in [-0.39, 0.29) is 23.1 Å². The molecule has 2 bridgehead atoms. The monoisotopic (exact) mass is 743 g/mol. The molecule has 6 rings (SSSR count). The quantitative estimate of drug-likeness (QED) is 0.403. The number of carbonyl (C=O) groups excluding carboxylic acids is 1. The normalized spacial score (nSPS) is 31.2. The minimum Gasteiger partial charge on any atom is -0.485 e. The fraction of sp³-hybridized carbons (Fsp3) is 0.692. The number of nitrogens with zero attached hydrogens (tertiary/aromatic N) is 4. The van der Waals surface area contributed by atoms with Crippen molar-refractivity contribution >= 4 is 33.3 Å². The number of amides is 1. The van der Waals surface area contributed by atoms with E-state index in [1.807, 2.05) is 32.2 Å². The van der Waals surface area contributed by atoms with Gasteiger partial charge >= 0.3 is 0 Å². The van der Waals surface area contributed by atoms with E-state index >= 15 is 0 Å². The Hall–Kier alpha value is -2.44. The Kier molecular flexibility index (Phi) is 12.2. The summed E-state index contributed by atoms with van der Waals surface area (Å²) in [7, 11) is -2.07. The molecule has 1 aromatic carbocycles. The topological polar surface area (TPSA) is 104 Å². The van der Waals surface area contributed by atoms with Crippen LogP contribution in [0.5, 0.6) is 5.75 Å². The number of carbonyl (C=O) groups is 1. The molecule has 1 saturated heterocycles. The largest absolute Gasteiger partial charge is 0.485 e. The minimum atomic E-state index is -3.97. The number of ether oxygens (including phenoxy) is 2. The van der Waals surface area contributed by atoms with Crippen LogP contribution < -0.4 is 14.4 Å². The number of halogens is 1. The number of methoxy groups -OCH3 is 1. The molecule has 1 aromatic heterocycles. The van der Waals surface area contributed by atoms with Gasteiger partial charge in [0.1, 0.15) is 12.3 Å². The Balaban J connectivity index is 1.39. The molecule has 1 unspecified atom stereocenters. The molecule has 10 nitrogen and oxygen atoms in total. The van der Waals surface area contributed by atoms with E-state index in [1.54, 1.807) is 19.1 Å². The Bertz CT molecular complexity index is 1640. The van der Waals surface area contributed by atoms with Gasteiger partial charge in [0.2, 0.25) is 10.0 Å². The number of fused-ring (bicyclic) bond motifs is 3. The maximum absolute atomic E-state index is 13.6.